The lowest BCUT2D eigenvalue weighted by atomic mass is 10.4. The van der Waals surface area contributed by atoms with E-state index < -0.39 is 0 Å². The highest BCUT2D eigenvalue weighted by molar-refractivity contribution is 5.92. The monoisotopic (exact) mass is 224 g/mol. The maximum atomic E-state index is 5.32. The molecule has 0 fully saturated rings. The standard InChI is InChI=1S/C9H16N6O/c1-16-4-2-3-13-9(15-10)14-8-5-11-7-12-6-8/h5-7H,2-4,10H2,1H3,(H2,13,14,15). The van der Waals surface area contributed by atoms with E-state index in [0.29, 0.717) is 19.1 Å². The van der Waals surface area contributed by atoms with Gasteiger partial charge < -0.3 is 10.1 Å². The Morgan fingerprint density at radius 3 is 2.88 bits per heavy atom. The van der Waals surface area contributed by atoms with Gasteiger partial charge in [0.05, 0.1) is 18.1 Å². The third-order valence-corrected chi connectivity index (χ3v) is 1.74. The van der Waals surface area contributed by atoms with Crippen LogP contribution in [0.4, 0.5) is 5.69 Å². The summed E-state index contributed by atoms with van der Waals surface area (Å²) in [6.45, 7) is 1.31. The van der Waals surface area contributed by atoms with Crippen LogP contribution in [0.25, 0.3) is 0 Å². The Hall–Kier alpha value is -1.73. The minimum Gasteiger partial charge on any atom is -0.385 e. The summed E-state index contributed by atoms with van der Waals surface area (Å²) in [5.74, 6) is 5.80. The molecule has 0 unspecified atom stereocenters. The molecule has 0 radical (unpaired) electrons. The topological polar surface area (TPSA) is 97.5 Å². The molecule has 0 aliphatic carbocycles. The molecule has 1 aromatic heterocycles. The van der Waals surface area contributed by atoms with Gasteiger partial charge in [0.15, 0.2) is 0 Å². The van der Waals surface area contributed by atoms with Crippen molar-refractivity contribution < 1.29 is 4.74 Å². The molecular formula is C9H16N6O. The van der Waals surface area contributed by atoms with E-state index >= 15 is 0 Å². The third kappa shape index (κ3) is 4.67. The fraction of sp³-hybridized carbons (Fsp3) is 0.444. The Morgan fingerprint density at radius 1 is 1.50 bits per heavy atom. The minimum atomic E-state index is 0.478. The molecule has 1 rings (SSSR count). The number of guanidine groups is 1. The zero-order chi connectivity index (χ0) is 11.6. The molecule has 0 amide bonds. The second-order valence-corrected chi connectivity index (χ2v) is 2.97. The summed E-state index contributed by atoms with van der Waals surface area (Å²) < 4.78 is 4.91. The highest BCUT2D eigenvalue weighted by Gasteiger charge is 1.97. The number of rotatable bonds is 5. The highest BCUT2D eigenvalue weighted by atomic mass is 16.5. The summed E-state index contributed by atoms with van der Waals surface area (Å²) in [5.41, 5.74) is 3.20. The summed E-state index contributed by atoms with van der Waals surface area (Å²) in [7, 11) is 1.66. The number of aromatic nitrogens is 2. The molecule has 0 saturated heterocycles. The number of aliphatic imine (C=N–C) groups is 1. The summed E-state index contributed by atoms with van der Waals surface area (Å²) in [4.78, 5) is 11.9. The molecule has 0 aliphatic heterocycles. The van der Waals surface area contributed by atoms with Crippen LogP contribution in [0.3, 0.4) is 0 Å². The van der Waals surface area contributed by atoms with Crippen LogP contribution in [-0.4, -0.2) is 36.2 Å². The quantitative estimate of drug-likeness (QED) is 0.210. The molecular weight excluding hydrogens is 208 g/mol. The molecule has 4 N–H and O–H groups in total. The first-order valence-corrected chi connectivity index (χ1v) is 4.89. The molecule has 0 bridgehead atoms. The van der Waals surface area contributed by atoms with Crippen molar-refractivity contribution in [2.75, 3.05) is 25.6 Å². The van der Waals surface area contributed by atoms with Crippen molar-refractivity contribution in [1.82, 2.24) is 15.4 Å². The van der Waals surface area contributed by atoms with Crippen LogP contribution < -0.4 is 16.6 Å². The van der Waals surface area contributed by atoms with Gasteiger partial charge in [-0.1, -0.05) is 0 Å². The second-order valence-electron chi connectivity index (χ2n) is 2.97. The Bertz CT molecular complexity index is 315. The molecule has 7 nitrogen and oxygen atoms in total. The predicted molar refractivity (Wildman–Crippen MR) is 61.8 cm³/mol. The molecule has 0 aromatic carbocycles. The molecule has 0 saturated carbocycles. The highest BCUT2D eigenvalue weighted by Crippen LogP contribution is 1.99. The summed E-state index contributed by atoms with van der Waals surface area (Å²) in [5, 5.41) is 2.95. The van der Waals surface area contributed by atoms with Crippen LogP contribution in [0.2, 0.25) is 0 Å². The van der Waals surface area contributed by atoms with Gasteiger partial charge in [-0.2, -0.15) is 0 Å². The summed E-state index contributed by atoms with van der Waals surface area (Å²) in [6, 6.07) is 0. The first-order chi connectivity index (χ1) is 7.86. The Balaban J connectivity index is 2.42. The number of hydrogen-bond acceptors (Lipinski definition) is 5. The number of nitrogens with zero attached hydrogens (tertiary/aromatic N) is 3. The van der Waals surface area contributed by atoms with E-state index in [9.17, 15) is 0 Å². The van der Waals surface area contributed by atoms with E-state index in [4.69, 9.17) is 10.6 Å². The van der Waals surface area contributed by atoms with Gasteiger partial charge in [0.1, 0.15) is 6.33 Å². The number of nitrogens with two attached hydrogens (primary N) is 1. The van der Waals surface area contributed by atoms with Gasteiger partial charge in [0.2, 0.25) is 5.96 Å². The Labute approximate surface area is 94.1 Å². The van der Waals surface area contributed by atoms with Crippen LogP contribution >= 0.6 is 0 Å². The van der Waals surface area contributed by atoms with E-state index in [0.717, 1.165) is 12.1 Å². The zero-order valence-corrected chi connectivity index (χ0v) is 9.18. The van der Waals surface area contributed by atoms with E-state index in [-0.39, 0.29) is 0 Å². The van der Waals surface area contributed by atoms with Gasteiger partial charge in [-0.25, -0.2) is 15.8 Å². The molecule has 0 spiro atoms. The Kier molecular flexibility index (Phi) is 5.82. The summed E-state index contributed by atoms with van der Waals surface area (Å²) >= 11 is 0. The fourth-order valence-electron chi connectivity index (χ4n) is 1.02. The van der Waals surface area contributed by atoms with Crippen LogP contribution in [0.15, 0.2) is 23.7 Å². The van der Waals surface area contributed by atoms with E-state index in [2.05, 4.69) is 25.7 Å². The number of hydrogen-bond donors (Lipinski definition) is 3. The van der Waals surface area contributed by atoms with E-state index in [1.165, 1.54) is 6.33 Å². The zero-order valence-electron chi connectivity index (χ0n) is 9.18. The average Bonchev–Trinajstić information content (AvgIpc) is 2.34. The average molecular weight is 224 g/mol. The van der Waals surface area contributed by atoms with Gasteiger partial charge in [0.25, 0.3) is 0 Å². The van der Waals surface area contributed by atoms with Crippen molar-refractivity contribution in [3.05, 3.63) is 18.7 Å². The van der Waals surface area contributed by atoms with Crippen molar-refractivity contribution >= 4 is 11.6 Å². The van der Waals surface area contributed by atoms with Gasteiger partial charge in [-0.3, -0.25) is 10.4 Å². The molecule has 7 heteroatoms. The van der Waals surface area contributed by atoms with Crippen LogP contribution in [0.5, 0.6) is 0 Å². The maximum absolute atomic E-state index is 5.32. The van der Waals surface area contributed by atoms with Gasteiger partial charge in [0, 0.05) is 20.3 Å². The Morgan fingerprint density at radius 2 is 2.25 bits per heavy atom. The SMILES string of the molecule is COCCCN=C(NN)Nc1cncnc1. The van der Waals surface area contributed by atoms with E-state index in [1.807, 2.05) is 0 Å². The largest absolute Gasteiger partial charge is 0.385 e. The van der Waals surface area contributed by atoms with Gasteiger partial charge in [-0.05, 0) is 6.42 Å². The van der Waals surface area contributed by atoms with Gasteiger partial charge in [-0.15, -0.1) is 0 Å². The molecule has 88 valence electrons. The number of anilines is 1. The lowest BCUT2D eigenvalue weighted by Gasteiger charge is -2.07. The summed E-state index contributed by atoms with van der Waals surface area (Å²) in [6.07, 6.45) is 5.56. The normalized spacial score (nSPS) is 11.2. The van der Waals surface area contributed by atoms with Crippen molar-refractivity contribution in [3.63, 3.8) is 0 Å². The smallest absolute Gasteiger partial charge is 0.210 e. The van der Waals surface area contributed by atoms with Crippen LogP contribution in [0, 0.1) is 0 Å². The molecule has 0 atom stereocenters. The number of methoxy groups -OCH3 is 1. The third-order valence-electron chi connectivity index (χ3n) is 1.74. The molecule has 1 aromatic rings. The lowest BCUT2D eigenvalue weighted by Crippen LogP contribution is -2.36. The number of ether oxygens (including phenoxy) is 1. The first-order valence-electron chi connectivity index (χ1n) is 4.89. The molecule has 0 aliphatic rings. The van der Waals surface area contributed by atoms with E-state index in [1.54, 1.807) is 19.5 Å². The first kappa shape index (κ1) is 12.3. The molecule has 16 heavy (non-hydrogen) atoms. The lowest BCUT2D eigenvalue weighted by molar-refractivity contribution is 0.197. The fourth-order valence-corrected chi connectivity index (χ4v) is 1.02. The van der Waals surface area contributed by atoms with Crippen LogP contribution in [0.1, 0.15) is 6.42 Å². The van der Waals surface area contributed by atoms with Crippen molar-refractivity contribution in [2.24, 2.45) is 10.8 Å². The number of nitrogens with one attached hydrogen (secondary N) is 2. The van der Waals surface area contributed by atoms with Crippen molar-refractivity contribution in [3.8, 4) is 0 Å². The van der Waals surface area contributed by atoms with Crippen LogP contribution in [-0.2, 0) is 4.74 Å². The van der Waals surface area contributed by atoms with Crippen molar-refractivity contribution in [2.45, 2.75) is 6.42 Å². The molecule has 1 heterocycles. The second kappa shape index (κ2) is 7.55. The maximum Gasteiger partial charge on any atom is 0.210 e. The number of hydrazine groups is 1. The van der Waals surface area contributed by atoms with Gasteiger partial charge >= 0.3 is 0 Å². The predicted octanol–water partition coefficient (Wildman–Crippen LogP) is -0.256. The van der Waals surface area contributed by atoms with Crippen molar-refractivity contribution in [1.29, 1.82) is 0 Å². The minimum absolute atomic E-state index is 0.478.